The van der Waals surface area contributed by atoms with Gasteiger partial charge in [-0.3, -0.25) is 4.79 Å². The quantitative estimate of drug-likeness (QED) is 0.380. The molecule has 8 heteroatoms. The van der Waals surface area contributed by atoms with E-state index in [1.807, 2.05) is 0 Å². The molecular formula is C34H38N6O2. The number of hydrogen-bond acceptors (Lipinski definition) is 7. The van der Waals surface area contributed by atoms with E-state index < -0.39 is 0 Å². The van der Waals surface area contributed by atoms with Gasteiger partial charge in [-0.1, -0.05) is 30.8 Å². The molecule has 2 saturated heterocycles. The number of anilines is 1. The Morgan fingerprint density at radius 2 is 2.05 bits per heavy atom. The number of amides is 1. The number of ether oxygens (including phenoxy) is 1. The van der Waals surface area contributed by atoms with Gasteiger partial charge in [-0.25, -0.2) is 0 Å². The Balaban J connectivity index is 1.26. The van der Waals surface area contributed by atoms with E-state index in [0.717, 1.165) is 36.1 Å². The first-order chi connectivity index (χ1) is 20.5. The van der Waals surface area contributed by atoms with Crippen LogP contribution in [0.25, 0.3) is 22.0 Å². The molecule has 3 fully saturated rings. The molecule has 1 aromatic heterocycles. The zero-order chi connectivity index (χ0) is 28.8. The zero-order valence-electron chi connectivity index (χ0n) is 24.4. The maximum Gasteiger partial charge on any atom is 0.319 e. The van der Waals surface area contributed by atoms with Crippen molar-refractivity contribution in [2.75, 3.05) is 44.7 Å². The number of aromatic nitrogens is 2. The molecule has 3 aromatic rings. The van der Waals surface area contributed by atoms with E-state index in [-0.39, 0.29) is 18.4 Å². The van der Waals surface area contributed by atoms with Crippen molar-refractivity contribution in [3.63, 3.8) is 0 Å². The summed E-state index contributed by atoms with van der Waals surface area (Å²) in [7, 11) is 2.14. The summed E-state index contributed by atoms with van der Waals surface area (Å²) in [6, 6.07) is 16.1. The summed E-state index contributed by atoms with van der Waals surface area (Å²) < 4.78 is 6.29. The van der Waals surface area contributed by atoms with Crippen LogP contribution < -0.4 is 9.64 Å². The number of nitriles is 1. The van der Waals surface area contributed by atoms with Crippen LogP contribution in [-0.2, 0) is 16.6 Å². The van der Waals surface area contributed by atoms with Crippen molar-refractivity contribution < 1.29 is 9.53 Å². The van der Waals surface area contributed by atoms with Gasteiger partial charge in [0.05, 0.1) is 24.0 Å². The Morgan fingerprint density at radius 1 is 1.17 bits per heavy atom. The summed E-state index contributed by atoms with van der Waals surface area (Å²) in [5.74, 6) is 0.658. The monoisotopic (exact) mass is 562 g/mol. The molecule has 7 rings (SSSR count). The van der Waals surface area contributed by atoms with Gasteiger partial charge < -0.3 is 19.4 Å². The molecule has 3 heterocycles. The number of hydrogen-bond donors (Lipinski definition) is 0. The van der Waals surface area contributed by atoms with E-state index in [4.69, 9.17) is 14.7 Å². The number of carbonyl (C=O) groups excluding carboxylic acids is 1. The molecule has 2 aliphatic carbocycles. The highest BCUT2D eigenvalue weighted by Crippen LogP contribution is 2.58. The van der Waals surface area contributed by atoms with Gasteiger partial charge in [0.2, 0.25) is 5.91 Å². The molecule has 1 saturated carbocycles. The maximum atomic E-state index is 12.5. The molecule has 2 aliphatic heterocycles. The minimum absolute atomic E-state index is 0.139. The first-order valence-electron chi connectivity index (χ1n) is 15.3. The SMILES string of the molecule is C=CC(=O)N1CCN(c2nc(OC[C@@H]3CCCN3C)nc3cc(-c4cccc5c4CCC54CC4)ccc23)C[C@@H]1CC#N. The predicted molar refractivity (Wildman–Crippen MR) is 163 cm³/mol. The van der Waals surface area contributed by atoms with E-state index in [1.54, 1.807) is 10.5 Å². The number of piperazine rings is 1. The van der Waals surface area contributed by atoms with Gasteiger partial charge >= 0.3 is 6.01 Å². The van der Waals surface area contributed by atoms with Gasteiger partial charge in [-0.15, -0.1) is 0 Å². The second-order valence-electron chi connectivity index (χ2n) is 12.5. The normalized spacial score (nSPS) is 22.8. The molecule has 0 unspecified atom stereocenters. The predicted octanol–water partition coefficient (Wildman–Crippen LogP) is 4.86. The van der Waals surface area contributed by atoms with Crippen LogP contribution in [0.1, 0.15) is 49.7 Å². The maximum absolute atomic E-state index is 12.5. The third-order valence-electron chi connectivity index (χ3n) is 10.1. The summed E-state index contributed by atoms with van der Waals surface area (Å²) in [6.45, 7) is 6.91. The fraction of sp³-hybridized carbons (Fsp3) is 0.471. The van der Waals surface area contributed by atoms with Gasteiger partial charge in [0.25, 0.3) is 0 Å². The first kappa shape index (κ1) is 26.9. The highest BCUT2D eigenvalue weighted by atomic mass is 16.5. The Morgan fingerprint density at radius 3 is 2.81 bits per heavy atom. The fourth-order valence-electron chi connectivity index (χ4n) is 7.45. The molecule has 2 atom stereocenters. The molecule has 216 valence electrons. The number of nitrogens with zero attached hydrogens (tertiary/aromatic N) is 6. The van der Waals surface area contributed by atoms with Gasteiger partial charge in [0.15, 0.2) is 0 Å². The molecule has 8 nitrogen and oxygen atoms in total. The Bertz CT molecular complexity index is 1590. The fourth-order valence-corrected chi connectivity index (χ4v) is 7.45. The Labute approximate surface area is 247 Å². The van der Waals surface area contributed by atoms with Gasteiger partial charge in [-0.2, -0.15) is 15.2 Å². The van der Waals surface area contributed by atoms with Gasteiger partial charge in [-0.05, 0) is 98.0 Å². The van der Waals surface area contributed by atoms with Crippen molar-refractivity contribution in [1.29, 1.82) is 5.26 Å². The summed E-state index contributed by atoms with van der Waals surface area (Å²) >= 11 is 0. The molecule has 42 heavy (non-hydrogen) atoms. The van der Waals surface area contributed by atoms with Gasteiger partial charge in [0.1, 0.15) is 12.4 Å². The van der Waals surface area contributed by atoms with E-state index >= 15 is 0 Å². The molecular weight excluding hydrogens is 524 g/mol. The van der Waals surface area contributed by atoms with Crippen LogP contribution in [0, 0.1) is 11.3 Å². The van der Waals surface area contributed by atoms with Crippen molar-refractivity contribution >= 4 is 22.6 Å². The number of likely N-dealkylation sites (N-methyl/N-ethyl adjacent to an activating group) is 1. The average molecular weight is 563 g/mol. The van der Waals surface area contributed by atoms with Crippen molar-refractivity contribution in [2.45, 2.75) is 62.4 Å². The van der Waals surface area contributed by atoms with E-state index in [1.165, 1.54) is 48.4 Å². The van der Waals surface area contributed by atoms with E-state index in [0.29, 0.717) is 43.7 Å². The van der Waals surface area contributed by atoms with E-state index in [2.05, 4.69) is 65.9 Å². The average Bonchev–Trinajstić information content (AvgIpc) is 3.55. The summed E-state index contributed by atoms with van der Waals surface area (Å²) in [4.78, 5) is 28.7. The number of fused-ring (bicyclic) bond motifs is 3. The number of benzene rings is 2. The van der Waals surface area contributed by atoms with Crippen molar-refractivity contribution in [3.8, 4) is 23.2 Å². The second kappa shape index (κ2) is 10.7. The summed E-state index contributed by atoms with van der Waals surface area (Å²) in [5, 5.41) is 10.5. The summed E-state index contributed by atoms with van der Waals surface area (Å²) in [6.07, 6.45) is 8.89. The molecule has 2 aromatic carbocycles. The molecule has 0 radical (unpaired) electrons. The lowest BCUT2D eigenvalue weighted by atomic mass is 9.93. The van der Waals surface area contributed by atoms with Crippen LogP contribution >= 0.6 is 0 Å². The Kier molecular flexibility index (Phi) is 6.86. The zero-order valence-corrected chi connectivity index (χ0v) is 24.4. The number of likely N-dealkylation sites (tertiary alicyclic amines) is 1. The van der Waals surface area contributed by atoms with Crippen molar-refractivity contribution in [2.24, 2.45) is 0 Å². The first-order valence-corrected chi connectivity index (χ1v) is 15.3. The molecule has 1 spiro atoms. The lowest BCUT2D eigenvalue weighted by Crippen LogP contribution is -2.55. The van der Waals surface area contributed by atoms with Crippen LogP contribution in [0.5, 0.6) is 6.01 Å². The van der Waals surface area contributed by atoms with Crippen LogP contribution in [0.4, 0.5) is 5.82 Å². The van der Waals surface area contributed by atoms with Crippen LogP contribution in [-0.4, -0.2) is 77.6 Å². The molecule has 1 amide bonds. The summed E-state index contributed by atoms with van der Waals surface area (Å²) in [5.41, 5.74) is 6.80. The van der Waals surface area contributed by atoms with E-state index in [9.17, 15) is 10.1 Å². The van der Waals surface area contributed by atoms with Crippen molar-refractivity contribution in [3.05, 3.63) is 60.2 Å². The molecule has 0 N–H and O–H groups in total. The number of carbonyl (C=O) groups is 1. The number of rotatable bonds is 7. The lowest BCUT2D eigenvalue weighted by Gasteiger charge is -2.41. The van der Waals surface area contributed by atoms with Crippen LogP contribution in [0.2, 0.25) is 0 Å². The third-order valence-corrected chi connectivity index (χ3v) is 10.1. The van der Waals surface area contributed by atoms with Crippen LogP contribution in [0.3, 0.4) is 0 Å². The standard InChI is InChI=1S/C34H38N6O2/c1-3-31(41)40-19-18-39(21-24(40)12-16-35)32-28-10-9-23(26-7-4-8-29-27(26)11-13-34(29)14-15-34)20-30(28)36-33(37-32)42-22-25-6-5-17-38(25)2/h3-4,7-10,20,24-25H,1,5-6,11-15,17-19,21-22H2,2H3/t24-,25-/m0/s1. The molecule has 4 aliphatic rings. The largest absolute Gasteiger partial charge is 0.462 e. The highest BCUT2D eigenvalue weighted by Gasteiger charge is 2.48. The Hall–Kier alpha value is -3.96. The topological polar surface area (TPSA) is 85.6 Å². The third kappa shape index (κ3) is 4.70. The minimum atomic E-state index is -0.239. The smallest absolute Gasteiger partial charge is 0.319 e. The second-order valence-corrected chi connectivity index (χ2v) is 12.5. The lowest BCUT2D eigenvalue weighted by molar-refractivity contribution is -0.128. The molecule has 0 bridgehead atoms. The highest BCUT2D eigenvalue weighted by molar-refractivity contribution is 5.94. The van der Waals surface area contributed by atoms with Gasteiger partial charge in [0, 0.05) is 31.1 Å². The van der Waals surface area contributed by atoms with Crippen LogP contribution in [0.15, 0.2) is 49.1 Å². The van der Waals surface area contributed by atoms with Crippen molar-refractivity contribution in [1.82, 2.24) is 19.8 Å². The minimum Gasteiger partial charge on any atom is -0.462 e.